The van der Waals surface area contributed by atoms with Crippen LogP contribution < -0.4 is 5.32 Å². The van der Waals surface area contributed by atoms with E-state index >= 15 is 0 Å². The van der Waals surface area contributed by atoms with Crippen molar-refractivity contribution in [1.82, 2.24) is 5.32 Å². The lowest BCUT2D eigenvalue weighted by atomic mass is 10.2. The molecule has 1 amide bonds. The van der Waals surface area contributed by atoms with E-state index in [1.54, 1.807) is 0 Å². The summed E-state index contributed by atoms with van der Waals surface area (Å²) in [4.78, 5) is 22.6. The van der Waals surface area contributed by atoms with Crippen molar-refractivity contribution in [3.8, 4) is 0 Å². The van der Waals surface area contributed by atoms with Crippen LogP contribution in [0.4, 0.5) is 0 Å². The molecule has 0 spiro atoms. The van der Waals surface area contributed by atoms with Gasteiger partial charge in [0.15, 0.2) is 12.2 Å². The summed E-state index contributed by atoms with van der Waals surface area (Å²) in [5.41, 5.74) is 0.901. The average molecular weight is 235 g/mol. The maximum absolute atomic E-state index is 11.5. The fraction of sp³-hybridized carbons (Fsp3) is 0.333. The van der Waals surface area contributed by atoms with Gasteiger partial charge in [0.05, 0.1) is 0 Å². The van der Waals surface area contributed by atoms with Gasteiger partial charge in [0.25, 0.3) is 5.91 Å². The molecule has 1 aliphatic heterocycles. The minimum Gasteiger partial charge on any atom is -0.459 e. The fourth-order valence-electron chi connectivity index (χ4n) is 1.44. The van der Waals surface area contributed by atoms with Gasteiger partial charge in [-0.15, -0.1) is 0 Å². The molecule has 90 valence electrons. The summed E-state index contributed by atoms with van der Waals surface area (Å²) in [6.45, 7) is 0.194. The van der Waals surface area contributed by atoms with Crippen LogP contribution >= 0.6 is 0 Å². The smallest absolute Gasteiger partial charge is 0.338 e. The first kappa shape index (κ1) is 11.6. The molecule has 5 heteroatoms. The van der Waals surface area contributed by atoms with Crippen molar-refractivity contribution < 1.29 is 19.1 Å². The Morgan fingerprint density at radius 3 is 2.65 bits per heavy atom. The number of rotatable bonds is 4. The molecule has 1 heterocycles. The van der Waals surface area contributed by atoms with Crippen LogP contribution in [0.25, 0.3) is 0 Å². The molecule has 1 aromatic carbocycles. The third-order valence-corrected chi connectivity index (χ3v) is 2.45. The number of benzene rings is 1. The van der Waals surface area contributed by atoms with E-state index in [1.165, 1.54) is 7.05 Å². The molecular formula is C12H13NO4. The molecule has 0 radical (unpaired) electrons. The molecule has 0 aliphatic carbocycles. The SMILES string of the molecule is CNC(=O)C1OC1C(=O)OCc1ccccc1. The van der Waals surface area contributed by atoms with E-state index in [0.717, 1.165) is 5.56 Å². The van der Waals surface area contributed by atoms with Crippen LogP contribution in [0.15, 0.2) is 30.3 Å². The number of amides is 1. The zero-order valence-electron chi connectivity index (χ0n) is 9.38. The Morgan fingerprint density at radius 2 is 2.00 bits per heavy atom. The summed E-state index contributed by atoms with van der Waals surface area (Å²) in [6.07, 6.45) is -1.44. The molecule has 2 rings (SSSR count). The van der Waals surface area contributed by atoms with Crippen LogP contribution in [-0.2, 0) is 25.7 Å². The van der Waals surface area contributed by atoms with Gasteiger partial charge in [-0.2, -0.15) is 0 Å². The van der Waals surface area contributed by atoms with Crippen LogP contribution in [0, 0.1) is 0 Å². The zero-order chi connectivity index (χ0) is 12.3. The maximum Gasteiger partial charge on any atom is 0.338 e. The van der Waals surface area contributed by atoms with Crippen molar-refractivity contribution in [1.29, 1.82) is 0 Å². The second kappa shape index (κ2) is 4.97. The van der Waals surface area contributed by atoms with Crippen LogP contribution in [-0.4, -0.2) is 31.1 Å². The summed E-state index contributed by atoms with van der Waals surface area (Å²) in [6, 6.07) is 9.33. The number of carbonyl (C=O) groups is 2. The monoisotopic (exact) mass is 235 g/mol. The third kappa shape index (κ3) is 2.82. The van der Waals surface area contributed by atoms with Gasteiger partial charge in [0.1, 0.15) is 6.61 Å². The second-order valence-corrected chi connectivity index (χ2v) is 3.68. The van der Waals surface area contributed by atoms with Gasteiger partial charge in [0.2, 0.25) is 0 Å². The number of hydrogen-bond donors (Lipinski definition) is 1. The zero-order valence-corrected chi connectivity index (χ0v) is 9.38. The van der Waals surface area contributed by atoms with E-state index < -0.39 is 18.2 Å². The second-order valence-electron chi connectivity index (χ2n) is 3.68. The Morgan fingerprint density at radius 1 is 1.29 bits per heavy atom. The van der Waals surface area contributed by atoms with Crippen LogP contribution in [0.2, 0.25) is 0 Å². The van der Waals surface area contributed by atoms with Crippen LogP contribution in [0.1, 0.15) is 5.56 Å². The number of esters is 1. The largest absolute Gasteiger partial charge is 0.459 e. The Labute approximate surface area is 98.7 Å². The highest BCUT2D eigenvalue weighted by molar-refractivity contribution is 5.92. The van der Waals surface area contributed by atoms with Crippen LogP contribution in [0.3, 0.4) is 0 Å². The molecule has 1 aliphatic rings. The lowest BCUT2D eigenvalue weighted by Gasteiger charge is -2.02. The number of hydrogen-bond acceptors (Lipinski definition) is 4. The molecule has 2 unspecified atom stereocenters. The number of carbonyl (C=O) groups excluding carboxylic acids is 2. The lowest BCUT2D eigenvalue weighted by molar-refractivity contribution is -0.146. The molecule has 1 N–H and O–H groups in total. The van der Waals surface area contributed by atoms with Gasteiger partial charge >= 0.3 is 5.97 Å². The summed E-state index contributed by atoms with van der Waals surface area (Å²) < 4.78 is 9.97. The summed E-state index contributed by atoms with van der Waals surface area (Å²) >= 11 is 0. The molecule has 1 aromatic rings. The highest BCUT2D eigenvalue weighted by Crippen LogP contribution is 2.23. The van der Waals surface area contributed by atoms with Crippen molar-refractivity contribution in [3.05, 3.63) is 35.9 Å². The van der Waals surface area contributed by atoms with E-state index in [0.29, 0.717) is 0 Å². The Hall–Kier alpha value is -1.88. The predicted octanol–water partition coefficient (Wildman–Crippen LogP) is 0.243. The molecule has 1 fully saturated rings. The van der Waals surface area contributed by atoms with Crippen molar-refractivity contribution in [2.24, 2.45) is 0 Å². The molecule has 0 aromatic heterocycles. The number of epoxide rings is 1. The Kier molecular flexibility index (Phi) is 3.39. The van der Waals surface area contributed by atoms with Crippen molar-refractivity contribution in [2.75, 3.05) is 7.05 Å². The van der Waals surface area contributed by atoms with E-state index in [1.807, 2.05) is 30.3 Å². The molecule has 1 saturated heterocycles. The average Bonchev–Trinajstić information content (AvgIpc) is 3.16. The summed E-state index contributed by atoms with van der Waals surface area (Å²) in [5.74, 6) is -0.797. The minimum atomic E-state index is -0.751. The fourth-order valence-corrected chi connectivity index (χ4v) is 1.44. The van der Waals surface area contributed by atoms with Gasteiger partial charge in [-0.3, -0.25) is 4.79 Å². The number of likely N-dealkylation sites (N-methyl/N-ethyl adjacent to an activating group) is 1. The summed E-state index contributed by atoms with van der Waals surface area (Å²) in [5, 5.41) is 2.41. The number of nitrogens with one attached hydrogen (secondary N) is 1. The topological polar surface area (TPSA) is 67.9 Å². The van der Waals surface area contributed by atoms with E-state index in [9.17, 15) is 9.59 Å². The Balaban J connectivity index is 1.78. The normalized spacial score (nSPS) is 21.7. The Bertz CT molecular complexity index is 418. The predicted molar refractivity (Wildman–Crippen MR) is 59.0 cm³/mol. The van der Waals surface area contributed by atoms with E-state index in [2.05, 4.69) is 5.32 Å². The first-order valence-electron chi connectivity index (χ1n) is 5.30. The highest BCUT2D eigenvalue weighted by Gasteiger charge is 2.51. The maximum atomic E-state index is 11.5. The molecule has 0 bridgehead atoms. The van der Waals surface area contributed by atoms with Gasteiger partial charge in [-0.05, 0) is 5.56 Å². The third-order valence-electron chi connectivity index (χ3n) is 2.45. The van der Waals surface area contributed by atoms with Gasteiger partial charge < -0.3 is 14.8 Å². The van der Waals surface area contributed by atoms with Crippen molar-refractivity contribution >= 4 is 11.9 Å². The molecular weight excluding hydrogens is 222 g/mol. The minimum absolute atomic E-state index is 0.194. The van der Waals surface area contributed by atoms with Gasteiger partial charge in [-0.25, -0.2) is 4.79 Å². The van der Waals surface area contributed by atoms with E-state index in [4.69, 9.17) is 9.47 Å². The van der Waals surface area contributed by atoms with Gasteiger partial charge in [0, 0.05) is 7.05 Å². The van der Waals surface area contributed by atoms with Gasteiger partial charge in [-0.1, -0.05) is 30.3 Å². The molecule has 2 atom stereocenters. The quantitative estimate of drug-likeness (QED) is 0.599. The standard InChI is InChI=1S/C12H13NO4/c1-13-11(14)9-10(17-9)12(15)16-7-8-5-3-2-4-6-8/h2-6,9-10H,7H2,1H3,(H,13,14). The first-order valence-corrected chi connectivity index (χ1v) is 5.30. The molecule has 0 saturated carbocycles. The lowest BCUT2D eigenvalue weighted by Crippen LogP contribution is -2.27. The summed E-state index contributed by atoms with van der Waals surface area (Å²) in [7, 11) is 1.50. The molecule has 5 nitrogen and oxygen atoms in total. The van der Waals surface area contributed by atoms with Crippen molar-refractivity contribution in [3.63, 3.8) is 0 Å². The highest BCUT2D eigenvalue weighted by atomic mass is 16.6. The molecule has 17 heavy (non-hydrogen) atoms. The van der Waals surface area contributed by atoms with E-state index in [-0.39, 0.29) is 12.5 Å². The van der Waals surface area contributed by atoms with Crippen molar-refractivity contribution in [2.45, 2.75) is 18.8 Å². The first-order chi connectivity index (χ1) is 8.22. The van der Waals surface area contributed by atoms with Crippen LogP contribution in [0.5, 0.6) is 0 Å². The number of ether oxygens (including phenoxy) is 2.